The van der Waals surface area contributed by atoms with E-state index in [1.807, 2.05) is 4.90 Å². The molecule has 2 saturated heterocycles. The second kappa shape index (κ2) is 6.79. The summed E-state index contributed by atoms with van der Waals surface area (Å²) in [6.07, 6.45) is 1.39. The number of nitrogens with one attached hydrogen (secondary N) is 1. The molecule has 0 aliphatic carbocycles. The summed E-state index contributed by atoms with van der Waals surface area (Å²) >= 11 is 0. The van der Waals surface area contributed by atoms with Gasteiger partial charge in [-0.1, -0.05) is 19.9 Å². The minimum absolute atomic E-state index is 0.0914. The summed E-state index contributed by atoms with van der Waals surface area (Å²) in [4.78, 5) is 28.0. The number of urea groups is 1. The summed E-state index contributed by atoms with van der Waals surface area (Å²) in [5.74, 6) is 0.525. The molecule has 5 nitrogen and oxygen atoms in total. The van der Waals surface area contributed by atoms with Gasteiger partial charge in [0.2, 0.25) is 5.91 Å². The highest BCUT2D eigenvalue weighted by Crippen LogP contribution is 2.24. The van der Waals surface area contributed by atoms with E-state index in [1.165, 1.54) is 17.0 Å². The van der Waals surface area contributed by atoms with Gasteiger partial charge in [-0.3, -0.25) is 4.79 Å². The molecule has 24 heavy (non-hydrogen) atoms. The number of piperidine rings is 1. The highest BCUT2D eigenvalue weighted by molar-refractivity contribution is 5.96. The van der Waals surface area contributed by atoms with Crippen LogP contribution in [0.15, 0.2) is 24.3 Å². The molecule has 2 fully saturated rings. The van der Waals surface area contributed by atoms with Crippen LogP contribution < -0.4 is 10.2 Å². The first-order chi connectivity index (χ1) is 11.4. The Hall–Kier alpha value is -2.11. The van der Waals surface area contributed by atoms with Crippen molar-refractivity contribution in [2.24, 2.45) is 11.8 Å². The van der Waals surface area contributed by atoms with Crippen LogP contribution in [0.4, 0.5) is 14.9 Å². The second-order valence-corrected chi connectivity index (χ2v) is 7.19. The predicted octanol–water partition coefficient (Wildman–Crippen LogP) is 2.62. The molecule has 0 saturated carbocycles. The monoisotopic (exact) mass is 333 g/mol. The Balaban J connectivity index is 1.61. The molecule has 0 unspecified atom stereocenters. The fraction of sp³-hybridized carbons (Fsp3) is 0.556. The fourth-order valence-corrected chi connectivity index (χ4v) is 3.79. The maximum Gasteiger partial charge on any atom is 0.317 e. The van der Waals surface area contributed by atoms with Gasteiger partial charge in [-0.25, -0.2) is 9.18 Å². The largest absolute Gasteiger partial charge is 0.333 e. The van der Waals surface area contributed by atoms with Crippen LogP contribution in [0.1, 0.15) is 26.7 Å². The van der Waals surface area contributed by atoms with Crippen LogP contribution in [-0.2, 0) is 4.79 Å². The Morgan fingerprint density at radius 3 is 2.58 bits per heavy atom. The summed E-state index contributed by atoms with van der Waals surface area (Å²) in [7, 11) is 0. The zero-order valence-electron chi connectivity index (χ0n) is 14.2. The van der Waals surface area contributed by atoms with E-state index in [2.05, 4.69) is 19.2 Å². The molecular weight excluding hydrogens is 309 g/mol. The summed E-state index contributed by atoms with van der Waals surface area (Å²) in [6.45, 7) is 6.20. The highest BCUT2D eigenvalue weighted by atomic mass is 19.1. The van der Waals surface area contributed by atoms with Crippen molar-refractivity contribution in [3.63, 3.8) is 0 Å². The first-order valence-electron chi connectivity index (χ1n) is 8.53. The number of carbonyl (C=O) groups is 2. The van der Waals surface area contributed by atoms with E-state index < -0.39 is 0 Å². The average Bonchev–Trinajstić information content (AvgIpc) is 2.87. The number of hydrogen-bond acceptors (Lipinski definition) is 2. The van der Waals surface area contributed by atoms with E-state index in [-0.39, 0.29) is 30.2 Å². The van der Waals surface area contributed by atoms with Gasteiger partial charge in [-0.05, 0) is 36.5 Å². The lowest BCUT2D eigenvalue weighted by Crippen LogP contribution is -2.50. The van der Waals surface area contributed by atoms with Gasteiger partial charge in [0.15, 0.2) is 0 Å². The minimum atomic E-state index is -0.371. The summed E-state index contributed by atoms with van der Waals surface area (Å²) < 4.78 is 13.4. The van der Waals surface area contributed by atoms with E-state index in [0.29, 0.717) is 24.1 Å². The van der Waals surface area contributed by atoms with Crippen LogP contribution in [0.3, 0.4) is 0 Å². The van der Waals surface area contributed by atoms with Crippen LogP contribution in [0.2, 0.25) is 0 Å². The lowest BCUT2D eigenvalue weighted by Gasteiger charge is -2.35. The number of anilines is 1. The van der Waals surface area contributed by atoms with Crippen LogP contribution in [0.25, 0.3) is 0 Å². The molecule has 1 aromatic carbocycles. The van der Waals surface area contributed by atoms with E-state index in [1.54, 1.807) is 12.1 Å². The first kappa shape index (κ1) is 16.7. The fourth-order valence-electron chi connectivity index (χ4n) is 3.79. The van der Waals surface area contributed by atoms with Crippen LogP contribution in [0, 0.1) is 17.7 Å². The van der Waals surface area contributed by atoms with Gasteiger partial charge in [-0.15, -0.1) is 0 Å². The summed E-state index contributed by atoms with van der Waals surface area (Å²) in [6, 6.07) is 5.64. The molecule has 1 N–H and O–H groups in total. The number of benzene rings is 1. The summed E-state index contributed by atoms with van der Waals surface area (Å²) in [5.41, 5.74) is 0.539. The van der Waals surface area contributed by atoms with Crippen molar-refractivity contribution < 1.29 is 14.0 Å². The Morgan fingerprint density at radius 1 is 1.21 bits per heavy atom. The van der Waals surface area contributed by atoms with E-state index in [9.17, 15) is 14.0 Å². The number of hydrogen-bond donors (Lipinski definition) is 1. The smallest absolute Gasteiger partial charge is 0.317 e. The number of amides is 3. The Labute approximate surface area is 141 Å². The third-order valence-electron chi connectivity index (χ3n) is 4.73. The number of nitrogens with zero attached hydrogens (tertiary/aromatic N) is 2. The van der Waals surface area contributed by atoms with Crippen LogP contribution in [0.5, 0.6) is 0 Å². The van der Waals surface area contributed by atoms with Gasteiger partial charge in [-0.2, -0.15) is 0 Å². The van der Waals surface area contributed by atoms with Crippen molar-refractivity contribution >= 4 is 17.6 Å². The normalized spacial score (nSPS) is 27.5. The van der Waals surface area contributed by atoms with Crippen molar-refractivity contribution in [1.82, 2.24) is 10.2 Å². The molecule has 2 aliphatic rings. The van der Waals surface area contributed by atoms with Gasteiger partial charge in [0.05, 0.1) is 6.04 Å². The number of likely N-dealkylation sites (tertiary alicyclic amines) is 1. The summed E-state index contributed by atoms with van der Waals surface area (Å²) in [5, 5.41) is 2.97. The van der Waals surface area contributed by atoms with Gasteiger partial charge in [0.1, 0.15) is 5.82 Å². The molecule has 3 atom stereocenters. The van der Waals surface area contributed by atoms with E-state index in [0.717, 1.165) is 19.5 Å². The average molecular weight is 333 g/mol. The number of halogens is 1. The van der Waals surface area contributed by atoms with Crippen LogP contribution >= 0.6 is 0 Å². The van der Waals surface area contributed by atoms with Crippen molar-refractivity contribution in [2.75, 3.05) is 24.5 Å². The molecule has 3 rings (SSSR count). The van der Waals surface area contributed by atoms with Gasteiger partial charge in [0, 0.05) is 31.7 Å². The third kappa shape index (κ3) is 3.68. The number of rotatable bonds is 2. The topological polar surface area (TPSA) is 52.7 Å². The standard InChI is InChI=1S/C18H24FN3O2/c1-12-6-13(2)10-21(9-12)18(24)20-15-8-17(23)22(11-15)16-5-3-4-14(19)7-16/h3-5,7,12-13,15H,6,8-11H2,1-2H3,(H,20,24)/t12-,13-,15-/m1/s1. The molecule has 2 heterocycles. The van der Waals surface area contributed by atoms with Crippen molar-refractivity contribution in [2.45, 2.75) is 32.7 Å². The maximum atomic E-state index is 13.4. The Kier molecular flexibility index (Phi) is 4.73. The van der Waals surface area contributed by atoms with Crippen LogP contribution in [-0.4, -0.2) is 42.5 Å². The molecule has 0 spiro atoms. The van der Waals surface area contributed by atoms with Gasteiger partial charge >= 0.3 is 6.03 Å². The molecule has 6 heteroatoms. The quantitative estimate of drug-likeness (QED) is 0.904. The Bertz CT molecular complexity index is 626. The molecule has 130 valence electrons. The van der Waals surface area contributed by atoms with Gasteiger partial charge < -0.3 is 15.1 Å². The van der Waals surface area contributed by atoms with E-state index >= 15 is 0 Å². The third-order valence-corrected chi connectivity index (χ3v) is 4.73. The Morgan fingerprint density at radius 2 is 1.92 bits per heavy atom. The molecule has 0 aromatic heterocycles. The van der Waals surface area contributed by atoms with Crippen molar-refractivity contribution in [1.29, 1.82) is 0 Å². The number of carbonyl (C=O) groups excluding carboxylic acids is 2. The highest BCUT2D eigenvalue weighted by Gasteiger charge is 2.33. The molecule has 1 aromatic rings. The SMILES string of the molecule is C[C@@H]1C[C@@H](C)CN(C(=O)N[C@@H]2CC(=O)N(c3cccc(F)c3)C2)C1. The molecule has 0 radical (unpaired) electrons. The van der Waals surface area contributed by atoms with Gasteiger partial charge in [0.25, 0.3) is 0 Å². The lowest BCUT2D eigenvalue weighted by molar-refractivity contribution is -0.117. The lowest BCUT2D eigenvalue weighted by atomic mass is 9.92. The maximum absolute atomic E-state index is 13.4. The minimum Gasteiger partial charge on any atom is -0.333 e. The molecular formula is C18H24FN3O2. The van der Waals surface area contributed by atoms with Crippen molar-refractivity contribution in [3.05, 3.63) is 30.1 Å². The van der Waals surface area contributed by atoms with Crippen molar-refractivity contribution in [3.8, 4) is 0 Å². The molecule has 0 bridgehead atoms. The molecule has 3 amide bonds. The zero-order chi connectivity index (χ0) is 17.3. The van der Waals surface area contributed by atoms with E-state index in [4.69, 9.17) is 0 Å². The predicted molar refractivity (Wildman–Crippen MR) is 90.2 cm³/mol. The molecule has 2 aliphatic heterocycles. The first-order valence-corrected chi connectivity index (χ1v) is 8.53. The second-order valence-electron chi connectivity index (χ2n) is 7.19. The zero-order valence-corrected chi connectivity index (χ0v) is 14.2.